The average Bonchev–Trinajstić information content (AvgIpc) is 2.53. The Morgan fingerprint density at radius 3 is 2.61 bits per heavy atom. The van der Waals surface area contributed by atoms with Crippen molar-refractivity contribution in [2.75, 3.05) is 18.8 Å². The molecule has 23 heavy (non-hydrogen) atoms. The number of piperidine rings is 1. The Morgan fingerprint density at radius 1 is 1.30 bits per heavy atom. The van der Waals surface area contributed by atoms with Gasteiger partial charge >= 0.3 is 0 Å². The van der Waals surface area contributed by atoms with Gasteiger partial charge in [0.2, 0.25) is 10.0 Å². The van der Waals surface area contributed by atoms with E-state index in [1.54, 1.807) is 11.2 Å². The van der Waals surface area contributed by atoms with Gasteiger partial charge in [0.05, 0.1) is 11.9 Å². The van der Waals surface area contributed by atoms with E-state index in [-0.39, 0.29) is 11.9 Å². The minimum atomic E-state index is -3.04. The summed E-state index contributed by atoms with van der Waals surface area (Å²) in [5.41, 5.74) is 1.19. The zero-order valence-corrected chi connectivity index (χ0v) is 15.1. The molecule has 0 aliphatic carbocycles. The fourth-order valence-corrected chi connectivity index (χ4v) is 3.92. The van der Waals surface area contributed by atoms with Crippen LogP contribution in [0.3, 0.4) is 0 Å². The van der Waals surface area contributed by atoms with E-state index in [0.29, 0.717) is 19.1 Å². The number of ether oxygens (including phenoxy) is 1. The highest BCUT2D eigenvalue weighted by Gasteiger charge is 2.26. The van der Waals surface area contributed by atoms with Gasteiger partial charge in [-0.05, 0) is 51.3 Å². The van der Waals surface area contributed by atoms with Crippen molar-refractivity contribution in [2.45, 2.75) is 52.3 Å². The highest BCUT2D eigenvalue weighted by molar-refractivity contribution is 7.89. The molecule has 1 N–H and O–H groups in total. The minimum Gasteiger partial charge on any atom is -0.491 e. The van der Waals surface area contributed by atoms with Crippen LogP contribution in [0.1, 0.15) is 39.2 Å². The monoisotopic (exact) mass is 340 g/mol. The Kier molecular flexibility index (Phi) is 6.44. The molecule has 1 aliphatic rings. The zero-order chi connectivity index (χ0) is 16.9. The van der Waals surface area contributed by atoms with Gasteiger partial charge in [0.25, 0.3) is 0 Å². The van der Waals surface area contributed by atoms with Gasteiger partial charge in [-0.25, -0.2) is 12.7 Å². The maximum absolute atomic E-state index is 11.9. The Labute approximate surface area is 140 Å². The second kappa shape index (κ2) is 8.13. The van der Waals surface area contributed by atoms with Gasteiger partial charge in [-0.15, -0.1) is 0 Å². The number of hydrogen-bond donors (Lipinski definition) is 1. The van der Waals surface area contributed by atoms with Gasteiger partial charge < -0.3 is 10.1 Å². The molecule has 0 radical (unpaired) electrons. The smallest absolute Gasteiger partial charge is 0.213 e. The summed E-state index contributed by atoms with van der Waals surface area (Å²) < 4.78 is 31.0. The van der Waals surface area contributed by atoms with Crippen LogP contribution in [-0.2, 0) is 16.6 Å². The maximum atomic E-state index is 11.9. The van der Waals surface area contributed by atoms with Crippen molar-refractivity contribution in [1.29, 1.82) is 0 Å². The lowest BCUT2D eigenvalue weighted by Gasteiger charge is -2.31. The maximum Gasteiger partial charge on any atom is 0.213 e. The third-order valence-electron chi connectivity index (χ3n) is 4.08. The summed E-state index contributed by atoms with van der Waals surface area (Å²) in [7, 11) is -3.04. The van der Waals surface area contributed by atoms with E-state index in [2.05, 4.69) is 17.4 Å². The molecule has 130 valence electrons. The van der Waals surface area contributed by atoms with Crippen molar-refractivity contribution >= 4 is 10.0 Å². The van der Waals surface area contributed by atoms with E-state index in [0.717, 1.165) is 25.1 Å². The quantitative estimate of drug-likeness (QED) is 0.828. The number of nitrogens with one attached hydrogen (secondary N) is 1. The van der Waals surface area contributed by atoms with Crippen LogP contribution < -0.4 is 10.1 Å². The van der Waals surface area contributed by atoms with Crippen LogP contribution in [0.25, 0.3) is 0 Å². The van der Waals surface area contributed by atoms with Crippen molar-refractivity contribution in [3.8, 4) is 5.75 Å². The Bertz CT molecular complexity index is 594. The van der Waals surface area contributed by atoms with Crippen molar-refractivity contribution in [2.24, 2.45) is 0 Å². The summed E-state index contributed by atoms with van der Waals surface area (Å²) >= 11 is 0. The van der Waals surface area contributed by atoms with Crippen molar-refractivity contribution < 1.29 is 13.2 Å². The molecule has 0 bridgehead atoms. The lowest BCUT2D eigenvalue weighted by Crippen LogP contribution is -2.45. The van der Waals surface area contributed by atoms with Crippen LogP contribution in [0.5, 0.6) is 5.75 Å². The second-order valence-corrected chi connectivity index (χ2v) is 8.53. The number of hydrogen-bond acceptors (Lipinski definition) is 4. The van der Waals surface area contributed by atoms with Crippen LogP contribution in [0.15, 0.2) is 24.3 Å². The predicted molar refractivity (Wildman–Crippen MR) is 93.1 cm³/mol. The van der Waals surface area contributed by atoms with Crippen LogP contribution in [0.4, 0.5) is 0 Å². The molecule has 2 rings (SSSR count). The molecule has 1 fully saturated rings. The van der Waals surface area contributed by atoms with E-state index in [1.165, 1.54) is 5.56 Å². The summed E-state index contributed by atoms with van der Waals surface area (Å²) in [5.74, 6) is 1.08. The Balaban J connectivity index is 1.82. The molecule has 0 saturated carbocycles. The average molecular weight is 340 g/mol. The van der Waals surface area contributed by atoms with Gasteiger partial charge in [0.1, 0.15) is 5.75 Å². The Morgan fingerprint density at radius 2 is 2.00 bits per heavy atom. The number of sulfonamides is 1. The van der Waals surface area contributed by atoms with Gasteiger partial charge in [0.15, 0.2) is 0 Å². The van der Waals surface area contributed by atoms with E-state index < -0.39 is 10.0 Å². The standard InChI is InChI=1S/C17H28N2O3S/c1-4-23(20,21)19-10-8-16(9-11-19)18-13-15-6-5-7-17(12-15)22-14(2)3/h5-7,12,14,16,18H,4,8-11,13H2,1-3H3. The van der Waals surface area contributed by atoms with Crippen molar-refractivity contribution in [1.82, 2.24) is 9.62 Å². The highest BCUT2D eigenvalue weighted by atomic mass is 32.2. The molecule has 1 heterocycles. The molecule has 1 aliphatic heterocycles. The third-order valence-corrected chi connectivity index (χ3v) is 5.96. The fraction of sp³-hybridized carbons (Fsp3) is 0.647. The van der Waals surface area contributed by atoms with Crippen LogP contribution in [-0.4, -0.2) is 43.7 Å². The molecule has 1 aromatic carbocycles. The number of rotatable bonds is 7. The molecular weight excluding hydrogens is 312 g/mol. The molecule has 0 aromatic heterocycles. The van der Waals surface area contributed by atoms with E-state index in [1.807, 2.05) is 26.0 Å². The molecule has 0 amide bonds. The van der Waals surface area contributed by atoms with Gasteiger partial charge in [-0.2, -0.15) is 0 Å². The first-order valence-electron chi connectivity index (χ1n) is 8.37. The van der Waals surface area contributed by atoms with E-state index in [4.69, 9.17) is 4.74 Å². The largest absolute Gasteiger partial charge is 0.491 e. The van der Waals surface area contributed by atoms with Crippen molar-refractivity contribution in [3.05, 3.63) is 29.8 Å². The molecule has 0 unspecified atom stereocenters. The van der Waals surface area contributed by atoms with Gasteiger partial charge in [-0.1, -0.05) is 12.1 Å². The molecule has 0 spiro atoms. The van der Waals surface area contributed by atoms with Crippen molar-refractivity contribution in [3.63, 3.8) is 0 Å². The third kappa shape index (κ3) is 5.48. The first-order valence-corrected chi connectivity index (χ1v) is 9.98. The highest BCUT2D eigenvalue weighted by Crippen LogP contribution is 2.17. The summed E-state index contributed by atoms with van der Waals surface area (Å²) in [6, 6.07) is 8.48. The topological polar surface area (TPSA) is 58.6 Å². The van der Waals surface area contributed by atoms with Gasteiger partial charge in [0, 0.05) is 25.7 Å². The van der Waals surface area contributed by atoms with E-state index in [9.17, 15) is 8.42 Å². The Hall–Kier alpha value is -1.11. The summed E-state index contributed by atoms with van der Waals surface area (Å²) in [5, 5.41) is 3.53. The SMILES string of the molecule is CCS(=O)(=O)N1CCC(NCc2cccc(OC(C)C)c2)CC1. The fourth-order valence-electron chi connectivity index (χ4n) is 2.78. The summed E-state index contributed by atoms with van der Waals surface area (Å²) in [4.78, 5) is 0. The van der Waals surface area contributed by atoms with E-state index >= 15 is 0 Å². The molecule has 0 atom stereocenters. The summed E-state index contributed by atoms with van der Waals surface area (Å²) in [6.07, 6.45) is 1.89. The molecule has 6 heteroatoms. The number of nitrogens with zero attached hydrogens (tertiary/aromatic N) is 1. The molecule has 1 aromatic rings. The summed E-state index contributed by atoms with van der Waals surface area (Å²) in [6.45, 7) is 7.74. The molecule has 1 saturated heterocycles. The molecule has 5 nitrogen and oxygen atoms in total. The van der Waals surface area contributed by atoms with Crippen LogP contribution >= 0.6 is 0 Å². The lowest BCUT2D eigenvalue weighted by molar-refractivity contribution is 0.242. The normalized spacial score (nSPS) is 17.6. The molecular formula is C17H28N2O3S. The first-order chi connectivity index (χ1) is 10.9. The lowest BCUT2D eigenvalue weighted by atomic mass is 10.1. The van der Waals surface area contributed by atoms with Crippen LogP contribution in [0, 0.1) is 0 Å². The zero-order valence-electron chi connectivity index (χ0n) is 14.3. The predicted octanol–water partition coefficient (Wildman–Crippen LogP) is 2.38. The minimum absolute atomic E-state index is 0.169. The second-order valence-electron chi connectivity index (χ2n) is 6.27. The van der Waals surface area contributed by atoms with Crippen LogP contribution in [0.2, 0.25) is 0 Å². The van der Waals surface area contributed by atoms with Gasteiger partial charge in [-0.3, -0.25) is 0 Å². The first kappa shape index (κ1) is 18.2. The number of benzene rings is 1.